The van der Waals surface area contributed by atoms with E-state index in [1.54, 1.807) is 39.0 Å². The summed E-state index contributed by atoms with van der Waals surface area (Å²) < 4.78 is 33.9. The molecule has 0 atom stereocenters. The number of ether oxygens (including phenoxy) is 1. The second kappa shape index (κ2) is 7.12. The summed E-state index contributed by atoms with van der Waals surface area (Å²) in [7, 11) is -3.64. The van der Waals surface area contributed by atoms with Crippen molar-refractivity contribution >= 4 is 36.4 Å². The van der Waals surface area contributed by atoms with Crippen molar-refractivity contribution in [1.29, 1.82) is 0 Å². The second-order valence-electron chi connectivity index (χ2n) is 7.41. The first-order chi connectivity index (χ1) is 12.4. The van der Waals surface area contributed by atoms with E-state index in [2.05, 4.69) is 4.90 Å². The minimum atomic E-state index is -3.64. The third kappa shape index (κ3) is 3.58. The van der Waals surface area contributed by atoms with E-state index in [4.69, 9.17) is 4.74 Å². The Bertz CT molecular complexity index is 784. The van der Waals surface area contributed by atoms with Crippen LogP contribution in [-0.2, 0) is 14.8 Å². The number of sulfonamides is 1. The Kier molecular flexibility index (Phi) is 5.15. The molecule has 0 bridgehead atoms. The van der Waals surface area contributed by atoms with Gasteiger partial charge in [-0.15, -0.1) is 0 Å². The molecular weight excluding hydrogens is 467 g/mol. The van der Waals surface area contributed by atoms with E-state index in [1.807, 2.05) is 0 Å². The van der Waals surface area contributed by atoms with Gasteiger partial charge in [-0.3, -0.25) is 4.79 Å². The molecule has 0 amide bonds. The smallest absolute Gasteiger partial charge is 0.245 e. The average molecular weight is 490 g/mol. The fourth-order valence-corrected chi connectivity index (χ4v) is 6.05. The van der Waals surface area contributed by atoms with Gasteiger partial charge in [0.25, 0.3) is 0 Å². The highest BCUT2D eigenvalue weighted by Crippen LogP contribution is 2.39. The van der Waals surface area contributed by atoms with Crippen LogP contribution < -0.4 is 0 Å². The van der Waals surface area contributed by atoms with Gasteiger partial charge in [0, 0.05) is 67.2 Å². The lowest BCUT2D eigenvalue weighted by molar-refractivity contribution is -0.0910. The molecule has 0 radical (unpaired) electrons. The monoisotopic (exact) mass is 490 g/mol. The van der Waals surface area contributed by atoms with E-state index < -0.39 is 15.7 Å². The van der Waals surface area contributed by atoms with Gasteiger partial charge in [-0.2, -0.15) is 4.31 Å². The number of halogens is 1. The Morgan fingerprint density at radius 1 is 1.15 bits per heavy atom. The number of piperidine rings is 1. The molecule has 2 heterocycles. The third-order valence-electron chi connectivity index (χ3n) is 5.64. The molecule has 1 aromatic carbocycles. The molecule has 3 aliphatic rings. The number of nitrogens with zero attached hydrogens (tertiary/aromatic N) is 2. The van der Waals surface area contributed by atoms with Crippen LogP contribution in [0.3, 0.4) is 0 Å². The predicted molar refractivity (Wildman–Crippen MR) is 106 cm³/mol. The van der Waals surface area contributed by atoms with Crippen LogP contribution in [0.5, 0.6) is 0 Å². The summed E-state index contributed by atoms with van der Waals surface area (Å²) in [6, 6.07) is 6.19. The maximum atomic E-state index is 13.2. The molecule has 1 spiro atoms. The van der Waals surface area contributed by atoms with Crippen molar-refractivity contribution in [2.24, 2.45) is 5.92 Å². The van der Waals surface area contributed by atoms with Crippen molar-refractivity contribution < 1.29 is 17.9 Å². The van der Waals surface area contributed by atoms with Crippen LogP contribution in [0.4, 0.5) is 0 Å². The first-order valence-electron chi connectivity index (χ1n) is 9.10. The Balaban J connectivity index is 1.52. The Labute approximate surface area is 168 Å². The molecule has 1 saturated carbocycles. The van der Waals surface area contributed by atoms with E-state index in [1.165, 1.54) is 25.0 Å². The van der Waals surface area contributed by atoms with Crippen LogP contribution in [0.1, 0.15) is 36.0 Å². The number of hydrogen-bond donors (Lipinski definition) is 0. The topological polar surface area (TPSA) is 66.9 Å². The van der Waals surface area contributed by atoms with Gasteiger partial charge in [-0.1, -0.05) is 0 Å². The second-order valence-corrected chi connectivity index (χ2v) is 10.3. The van der Waals surface area contributed by atoms with Gasteiger partial charge in [-0.25, -0.2) is 8.42 Å². The van der Waals surface area contributed by atoms with Crippen molar-refractivity contribution in [3.05, 3.63) is 29.8 Å². The maximum absolute atomic E-state index is 13.2. The molecule has 8 heteroatoms. The SMILES string of the molecule is O=C(I)c1ccc(S(=O)(=O)N2CCOC23CCN(CC2CC2)CC3)cc1. The van der Waals surface area contributed by atoms with Gasteiger partial charge in [0.05, 0.1) is 11.5 Å². The van der Waals surface area contributed by atoms with E-state index in [0.717, 1.165) is 25.6 Å². The van der Waals surface area contributed by atoms with Crippen molar-refractivity contribution in [1.82, 2.24) is 9.21 Å². The summed E-state index contributed by atoms with van der Waals surface area (Å²) in [6.07, 6.45) is 4.08. The normalized spacial score (nSPS) is 24.2. The third-order valence-corrected chi connectivity index (χ3v) is 8.23. The predicted octanol–water partition coefficient (Wildman–Crippen LogP) is 2.48. The Hall–Kier alpha value is -0.550. The first kappa shape index (κ1) is 18.8. The molecule has 26 heavy (non-hydrogen) atoms. The van der Waals surface area contributed by atoms with Gasteiger partial charge in [0.2, 0.25) is 13.8 Å². The van der Waals surface area contributed by atoms with Crippen molar-refractivity contribution in [2.75, 3.05) is 32.8 Å². The molecule has 0 N–H and O–H groups in total. The highest BCUT2D eigenvalue weighted by molar-refractivity contribution is 14.1. The zero-order valence-corrected chi connectivity index (χ0v) is 17.5. The summed E-state index contributed by atoms with van der Waals surface area (Å²) in [6.45, 7) is 3.72. The van der Waals surface area contributed by atoms with Crippen LogP contribution in [0.25, 0.3) is 0 Å². The zero-order chi connectivity index (χ0) is 18.4. The van der Waals surface area contributed by atoms with Crippen LogP contribution in [0.15, 0.2) is 29.2 Å². The number of carbonyl (C=O) groups is 1. The minimum Gasteiger partial charge on any atom is -0.358 e. The molecule has 142 valence electrons. The Morgan fingerprint density at radius 2 is 1.81 bits per heavy atom. The van der Waals surface area contributed by atoms with Gasteiger partial charge < -0.3 is 9.64 Å². The summed E-state index contributed by atoms with van der Waals surface area (Å²) in [5.41, 5.74) is -0.207. The number of likely N-dealkylation sites (tertiary alicyclic amines) is 1. The largest absolute Gasteiger partial charge is 0.358 e. The summed E-state index contributed by atoms with van der Waals surface area (Å²) >= 11 is 1.70. The number of benzene rings is 1. The average Bonchev–Trinajstić information content (AvgIpc) is 3.35. The van der Waals surface area contributed by atoms with Crippen LogP contribution in [0.2, 0.25) is 0 Å². The van der Waals surface area contributed by atoms with Crippen molar-refractivity contribution in [3.63, 3.8) is 0 Å². The van der Waals surface area contributed by atoms with Gasteiger partial charge in [0.15, 0.2) is 0 Å². The molecule has 2 saturated heterocycles. The maximum Gasteiger partial charge on any atom is 0.245 e. The lowest BCUT2D eigenvalue weighted by Crippen LogP contribution is -2.55. The van der Waals surface area contributed by atoms with Gasteiger partial charge in [-0.05, 0) is 43.0 Å². The molecule has 1 aliphatic carbocycles. The number of rotatable bonds is 5. The van der Waals surface area contributed by atoms with Crippen LogP contribution >= 0.6 is 22.6 Å². The molecule has 6 nitrogen and oxygen atoms in total. The molecule has 2 aliphatic heterocycles. The lowest BCUT2D eigenvalue weighted by atomic mass is 10.0. The highest BCUT2D eigenvalue weighted by Gasteiger charge is 2.50. The first-order valence-corrected chi connectivity index (χ1v) is 11.6. The van der Waals surface area contributed by atoms with E-state index in [-0.39, 0.29) is 8.69 Å². The number of hydrogen-bond acceptors (Lipinski definition) is 5. The van der Waals surface area contributed by atoms with Crippen LogP contribution in [0, 0.1) is 5.92 Å². The van der Waals surface area contributed by atoms with E-state index in [9.17, 15) is 13.2 Å². The highest BCUT2D eigenvalue weighted by atomic mass is 127. The molecule has 0 aromatic heterocycles. The molecule has 3 fully saturated rings. The van der Waals surface area contributed by atoms with Crippen molar-refractivity contribution in [3.8, 4) is 0 Å². The molecular formula is C18H23IN2O4S. The molecule has 4 rings (SSSR count). The minimum absolute atomic E-state index is 0.101. The molecule has 1 aromatic rings. The fraction of sp³-hybridized carbons (Fsp3) is 0.611. The zero-order valence-electron chi connectivity index (χ0n) is 14.6. The quantitative estimate of drug-likeness (QED) is 0.469. The Morgan fingerprint density at radius 3 is 2.38 bits per heavy atom. The van der Waals surface area contributed by atoms with Crippen molar-refractivity contribution in [2.45, 2.75) is 36.3 Å². The summed E-state index contributed by atoms with van der Waals surface area (Å²) in [4.78, 5) is 14.1. The van der Waals surface area contributed by atoms with E-state index in [0.29, 0.717) is 31.6 Å². The number of carbonyl (C=O) groups excluding carboxylic acids is 1. The lowest BCUT2D eigenvalue weighted by Gasteiger charge is -2.43. The summed E-state index contributed by atoms with van der Waals surface area (Å²) in [5, 5.41) is 0. The van der Waals surface area contributed by atoms with Crippen LogP contribution in [-0.4, -0.2) is 59.9 Å². The fourth-order valence-electron chi connectivity index (χ4n) is 3.96. The standard InChI is InChI=1S/C18H23IN2O4S/c19-17(22)15-3-5-16(6-4-15)26(23,24)21-11-12-25-18(21)7-9-20(10-8-18)13-14-1-2-14/h3-6,14H,1-2,7-13H2. The van der Waals surface area contributed by atoms with E-state index >= 15 is 0 Å². The summed E-state index contributed by atoms with van der Waals surface area (Å²) in [5.74, 6) is 0.840. The molecule has 0 unspecified atom stereocenters. The van der Waals surface area contributed by atoms with Gasteiger partial charge >= 0.3 is 0 Å². The van der Waals surface area contributed by atoms with Gasteiger partial charge in [0.1, 0.15) is 5.72 Å².